The maximum atomic E-state index is 10.9. The van der Waals surface area contributed by atoms with E-state index in [1.807, 2.05) is 48.0 Å². The van der Waals surface area contributed by atoms with Crippen molar-refractivity contribution in [3.63, 3.8) is 0 Å². The number of nitrogens with zero attached hydrogens (tertiary/aromatic N) is 2. The summed E-state index contributed by atoms with van der Waals surface area (Å²) < 4.78 is 5.44. The van der Waals surface area contributed by atoms with Crippen molar-refractivity contribution < 1.29 is 14.6 Å². The molecule has 6 nitrogen and oxygen atoms in total. The predicted octanol–water partition coefficient (Wildman–Crippen LogP) is 4.42. The van der Waals surface area contributed by atoms with Gasteiger partial charge in [0.25, 0.3) is 0 Å². The molecule has 31 heavy (non-hydrogen) atoms. The van der Waals surface area contributed by atoms with Crippen LogP contribution >= 0.6 is 11.3 Å². The van der Waals surface area contributed by atoms with Crippen LogP contribution in [0.5, 0.6) is 0 Å². The molecule has 1 aliphatic rings. The molecular formula is C24H23N3O3S. The second-order valence-electron chi connectivity index (χ2n) is 7.74. The number of carboxylic acids is 1. The molecule has 0 atom stereocenters. The maximum absolute atomic E-state index is 10.9. The quantitative estimate of drug-likeness (QED) is 0.471. The van der Waals surface area contributed by atoms with Crippen LogP contribution in [0.1, 0.15) is 10.4 Å². The van der Waals surface area contributed by atoms with Crippen LogP contribution in [0.4, 0.5) is 0 Å². The van der Waals surface area contributed by atoms with Crippen molar-refractivity contribution in [2.75, 3.05) is 26.3 Å². The normalized spacial score (nSPS) is 14.8. The van der Waals surface area contributed by atoms with Gasteiger partial charge in [-0.25, -0.2) is 4.98 Å². The molecule has 0 aliphatic carbocycles. The summed E-state index contributed by atoms with van der Waals surface area (Å²) in [6.45, 7) is 4.55. The van der Waals surface area contributed by atoms with Crippen LogP contribution in [-0.4, -0.2) is 52.2 Å². The van der Waals surface area contributed by atoms with Gasteiger partial charge in [0.05, 0.1) is 19.6 Å². The van der Waals surface area contributed by atoms with Crippen LogP contribution in [0.25, 0.3) is 32.6 Å². The summed E-state index contributed by atoms with van der Waals surface area (Å²) in [4.78, 5) is 23.8. The molecule has 0 bridgehead atoms. The molecule has 158 valence electrons. The predicted molar refractivity (Wildman–Crippen MR) is 122 cm³/mol. The molecule has 0 amide bonds. The van der Waals surface area contributed by atoms with Gasteiger partial charge in [0.1, 0.15) is 5.65 Å². The largest absolute Gasteiger partial charge is 0.481 e. The Labute approximate surface area is 184 Å². The standard InChI is InChI=1S/C24H23N3O3S/c28-23(29)11-16-1-3-17(4-2-16)21-14-26-24-20(21)12-18(13-25-24)22-6-5-19(31-22)15-27-7-9-30-10-8-27/h1-6,12-14H,7-11,15H2,(H,25,26)(H,28,29). The third kappa shape index (κ3) is 4.39. The summed E-state index contributed by atoms with van der Waals surface area (Å²) in [6.07, 6.45) is 3.92. The summed E-state index contributed by atoms with van der Waals surface area (Å²) in [5.41, 5.74) is 4.85. The van der Waals surface area contributed by atoms with Gasteiger partial charge in [0.2, 0.25) is 0 Å². The molecule has 0 unspecified atom stereocenters. The molecule has 1 saturated heterocycles. The first kappa shape index (κ1) is 19.9. The summed E-state index contributed by atoms with van der Waals surface area (Å²) in [5, 5.41) is 10.0. The van der Waals surface area contributed by atoms with Crippen molar-refractivity contribution in [1.82, 2.24) is 14.9 Å². The van der Waals surface area contributed by atoms with Crippen LogP contribution in [-0.2, 0) is 22.5 Å². The zero-order chi connectivity index (χ0) is 21.2. The van der Waals surface area contributed by atoms with E-state index in [2.05, 4.69) is 33.1 Å². The number of nitrogens with one attached hydrogen (secondary N) is 1. The van der Waals surface area contributed by atoms with E-state index in [9.17, 15) is 4.79 Å². The Morgan fingerprint density at radius 2 is 1.94 bits per heavy atom. The van der Waals surface area contributed by atoms with Crippen LogP contribution in [0.2, 0.25) is 0 Å². The Kier molecular flexibility index (Phi) is 5.55. The summed E-state index contributed by atoms with van der Waals surface area (Å²) in [5.74, 6) is -0.822. The molecule has 0 radical (unpaired) electrons. The van der Waals surface area contributed by atoms with Gasteiger partial charge in [0.15, 0.2) is 0 Å². The minimum Gasteiger partial charge on any atom is -0.481 e. The number of thiophene rings is 1. The lowest BCUT2D eigenvalue weighted by Gasteiger charge is -2.25. The van der Waals surface area contributed by atoms with Gasteiger partial charge in [-0.2, -0.15) is 0 Å². The van der Waals surface area contributed by atoms with Gasteiger partial charge in [-0.05, 0) is 29.3 Å². The first-order valence-corrected chi connectivity index (χ1v) is 11.1. The second-order valence-corrected chi connectivity index (χ2v) is 8.91. The number of rotatable bonds is 6. The number of fused-ring (bicyclic) bond motifs is 1. The molecule has 7 heteroatoms. The van der Waals surface area contributed by atoms with E-state index in [1.54, 1.807) is 0 Å². The lowest BCUT2D eigenvalue weighted by Crippen LogP contribution is -2.35. The number of aromatic amines is 1. The summed E-state index contributed by atoms with van der Waals surface area (Å²) in [6, 6.07) is 14.3. The molecule has 4 aromatic rings. The van der Waals surface area contributed by atoms with Crippen molar-refractivity contribution in [2.24, 2.45) is 0 Å². The number of H-pyrrole nitrogens is 1. The fourth-order valence-corrected chi connectivity index (χ4v) is 4.98. The fraction of sp³-hybridized carbons (Fsp3) is 0.250. The van der Waals surface area contributed by atoms with E-state index in [-0.39, 0.29) is 6.42 Å². The number of pyridine rings is 1. The molecular weight excluding hydrogens is 410 g/mol. The molecule has 1 aliphatic heterocycles. The molecule has 4 heterocycles. The van der Waals surface area contributed by atoms with Crippen molar-refractivity contribution in [3.05, 3.63) is 65.3 Å². The summed E-state index contributed by atoms with van der Waals surface area (Å²) in [7, 11) is 0. The molecule has 3 aromatic heterocycles. The van der Waals surface area contributed by atoms with E-state index in [4.69, 9.17) is 9.84 Å². The number of ether oxygens (including phenoxy) is 1. The Morgan fingerprint density at radius 3 is 2.71 bits per heavy atom. The third-order valence-corrected chi connectivity index (χ3v) is 6.70. The molecule has 2 N–H and O–H groups in total. The maximum Gasteiger partial charge on any atom is 0.307 e. The molecule has 1 aromatic carbocycles. The van der Waals surface area contributed by atoms with E-state index in [1.165, 1.54) is 9.75 Å². The van der Waals surface area contributed by atoms with Crippen LogP contribution in [0, 0.1) is 0 Å². The van der Waals surface area contributed by atoms with E-state index in [0.717, 1.165) is 66.1 Å². The van der Waals surface area contributed by atoms with Crippen molar-refractivity contribution >= 4 is 28.3 Å². The SMILES string of the molecule is O=C(O)Cc1ccc(-c2c[nH]c3ncc(-c4ccc(CN5CCOCC5)s4)cc23)cc1. The number of morpholine rings is 1. The minimum atomic E-state index is -0.822. The van der Waals surface area contributed by atoms with Gasteiger partial charge in [0, 0.05) is 58.3 Å². The number of carbonyl (C=O) groups is 1. The number of hydrogen-bond donors (Lipinski definition) is 2. The van der Waals surface area contributed by atoms with Gasteiger partial charge in [-0.3, -0.25) is 9.69 Å². The Morgan fingerprint density at radius 1 is 1.13 bits per heavy atom. The third-order valence-electron chi connectivity index (χ3n) is 5.58. The van der Waals surface area contributed by atoms with Crippen LogP contribution in [0.3, 0.4) is 0 Å². The van der Waals surface area contributed by atoms with Gasteiger partial charge >= 0.3 is 5.97 Å². The zero-order valence-electron chi connectivity index (χ0n) is 17.0. The number of benzene rings is 1. The Hall–Kier alpha value is -3.00. The highest BCUT2D eigenvalue weighted by Crippen LogP contribution is 2.34. The van der Waals surface area contributed by atoms with Crippen molar-refractivity contribution in [2.45, 2.75) is 13.0 Å². The van der Waals surface area contributed by atoms with Crippen molar-refractivity contribution in [3.8, 4) is 21.6 Å². The van der Waals surface area contributed by atoms with Gasteiger partial charge in [-0.15, -0.1) is 11.3 Å². The average Bonchev–Trinajstić information content (AvgIpc) is 3.41. The molecule has 5 rings (SSSR count). The number of aliphatic carboxylic acids is 1. The highest BCUT2D eigenvalue weighted by molar-refractivity contribution is 7.15. The highest BCUT2D eigenvalue weighted by Gasteiger charge is 2.14. The molecule has 0 spiro atoms. The lowest BCUT2D eigenvalue weighted by molar-refractivity contribution is -0.136. The number of aromatic nitrogens is 2. The fourth-order valence-electron chi connectivity index (χ4n) is 3.95. The van der Waals surface area contributed by atoms with E-state index < -0.39 is 5.97 Å². The topological polar surface area (TPSA) is 78.4 Å². The number of carboxylic acid groups (broad SMARTS) is 1. The Bertz CT molecular complexity index is 1210. The van der Waals surface area contributed by atoms with Crippen LogP contribution in [0.15, 0.2) is 54.9 Å². The van der Waals surface area contributed by atoms with E-state index in [0.29, 0.717) is 0 Å². The first-order chi connectivity index (χ1) is 15.2. The second kappa shape index (κ2) is 8.63. The zero-order valence-corrected chi connectivity index (χ0v) is 17.8. The lowest BCUT2D eigenvalue weighted by atomic mass is 10.0. The van der Waals surface area contributed by atoms with Gasteiger partial charge < -0.3 is 14.8 Å². The summed E-state index contributed by atoms with van der Waals surface area (Å²) >= 11 is 1.81. The van der Waals surface area contributed by atoms with Crippen LogP contribution < -0.4 is 0 Å². The van der Waals surface area contributed by atoms with Gasteiger partial charge in [-0.1, -0.05) is 24.3 Å². The highest BCUT2D eigenvalue weighted by atomic mass is 32.1. The molecule has 1 fully saturated rings. The first-order valence-electron chi connectivity index (χ1n) is 10.3. The minimum absolute atomic E-state index is 0.0328. The molecule has 0 saturated carbocycles. The van der Waals surface area contributed by atoms with Crippen molar-refractivity contribution in [1.29, 1.82) is 0 Å². The Balaban J connectivity index is 1.41. The van der Waals surface area contributed by atoms with E-state index >= 15 is 0 Å². The smallest absolute Gasteiger partial charge is 0.307 e. The monoisotopic (exact) mass is 433 g/mol. The number of hydrogen-bond acceptors (Lipinski definition) is 5. The average molecular weight is 434 g/mol.